The van der Waals surface area contributed by atoms with Gasteiger partial charge in [-0.05, 0) is 48.5 Å². The maximum absolute atomic E-state index is 14.1. The summed E-state index contributed by atoms with van der Waals surface area (Å²) in [5.41, 5.74) is 0.931. The van der Waals surface area contributed by atoms with Gasteiger partial charge in [-0.2, -0.15) is 0 Å². The molecule has 4 fully saturated rings. The first-order valence-corrected chi connectivity index (χ1v) is 13.1. The van der Waals surface area contributed by atoms with Crippen molar-refractivity contribution < 1.29 is 28.0 Å². The van der Waals surface area contributed by atoms with Gasteiger partial charge in [0.25, 0.3) is 11.8 Å². The summed E-state index contributed by atoms with van der Waals surface area (Å²) >= 11 is 0. The molecule has 10 heteroatoms. The molecule has 0 bridgehead atoms. The molecule has 2 aromatic carbocycles. The zero-order chi connectivity index (χ0) is 27.1. The molecule has 6 heterocycles. The predicted octanol–water partition coefficient (Wildman–Crippen LogP) is 3.32. The number of imide groups is 2. The number of rotatable bonds is 4. The highest BCUT2D eigenvalue weighted by Crippen LogP contribution is 2.59. The second-order valence-electron chi connectivity index (χ2n) is 10.3. The van der Waals surface area contributed by atoms with Crippen molar-refractivity contribution in [1.29, 1.82) is 0 Å². The third-order valence-corrected chi connectivity index (χ3v) is 8.42. The molecule has 8 rings (SSSR count). The number of furan rings is 2. The number of anilines is 2. The Morgan fingerprint density at radius 2 is 0.850 bits per heavy atom. The van der Waals surface area contributed by atoms with Crippen LogP contribution in [0.15, 0.2) is 106 Å². The number of para-hydroxylation sites is 2. The summed E-state index contributed by atoms with van der Waals surface area (Å²) in [4.78, 5) is 58.8. The van der Waals surface area contributed by atoms with Crippen molar-refractivity contribution in [3.63, 3.8) is 0 Å². The van der Waals surface area contributed by atoms with Crippen LogP contribution in [0.5, 0.6) is 0 Å². The van der Waals surface area contributed by atoms with E-state index >= 15 is 0 Å². The first kappa shape index (κ1) is 23.1. The van der Waals surface area contributed by atoms with Crippen molar-refractivity contribution in [1.82, 2.24) is 10.0 Å². The van der Waals surface area contributed by atoms with Gasteiger partial charge in [0, 0.05) is 0 Å². The third-order valence-electron chi connectivity index (χ3n) is 8.42. The summed E-state index contributed by atoms with van der Waals surface area (Å²) in [6, 6.07) is 20.9. The largest absolute Gasteiger partial charge is 0.468 e. The van der Waals surface area contributed by atoms with Crippen LogP contribution in [0.3, 0.4) is 0 Å². The summed E-state index contributed by atoms with van der Waals surface area (Å²) in [5, 5.41) is 3.49. The van der Waals surface area contributed by atoms with Crippen LogP contribution in [0.4, 0.5) is 11.4 Å². The quantitative estimate of drug-likeness (QED) is 0.367. The van der Waals surface area contributed by atoms with E-state index in [2.05, 4.69) is 0 Å². The topological polar surface area (TPSA) is 108 Å². The zero-order valence-corrected chi connectivity index (χ0v) is 20.9. The number of hydrogen-bond donors (Lipinski definition) is 0. The summed E-state index contributed by atoms with van der Waals surface area (Å²) < 4.78 is 11.6. The molecule has 4 saturated heterocycles. The lowest BCUT2D eigenvalue weighted by Crippen LogP contribution is -2.50. The van der Waals surface area contributed by atoms with Crippen LogP contribution in [0.1, 0.15) is 23.6 Å². The molecular formula is C30H22N4O6. The predicted molar refractivity (Wildman–Crippen MR) is 139 cm³/mol. The van der Waals surface area contributed by atoms with E-state index in [9.17, 15) is 19.2 Å². The maximum Gasteiger partial charge on any atom is 0.253 e. The van der Waals surface area contributed by atoms with Crippen LogP contribution in [-0.2, 0) is 19.2 Å². The van der Waals surface area contributed by atoms with Gasteiger partial charge in [0.1, 0.15) is 23.6 Å². The van der Waals surface area contributed by atoms with Gasteiger partial charge in [0.05, 0.1) is 47.8 Å². The van der Waals surface area contributed by atoms with E-state index in [-0.39, 0.29) is 11.8 Å². The van der Waals surface area contributed by atoms with Crippen LogP contribution in [0, 0.1) is 11.8 Å². The van der Waals surface area contributed by atoms with Crippen molar-refractivity contribution in [2.24, 2.45) is 11.8 Å². The van der Waals surface area contributed by atoms with Gasteiger partial charge in [-0.3, -0.25) is 19.2 Å². The molecule has 0 radical (unpaired) electrons. The fourth-order valence-electron chi connectivity index (χ4n) is 6.97. The van der Waals surface area contributed by atoms with Crippen LogP contribution in [0.25, 0.3) is 0 Å². The number of amides is 4. The lowest BCUT2D eigenvalue weighted by molar-refractivity contribution is -0.136. The summed E-state index contributed by atoms with van der Waals surface area (Å²) in [6.45, 7) is 0. The Kier molecular flexibility index (Phi) is 4.82. The second kappa shape index (κ2) is 8.35. The third kappa shape index (κ3) is 2.89. The highest BCUT2D eigenvalue weighted by molar-refractivity contribution is 6.26. The number of carbonyl (C=O) groups is 4. The maximum atomic E-state index is 14.1. The molecule has 4 aromatic rings. The molecule has 40 heavy (non-hydrogen) atoms. The molecule has 0 unspecified atom stereocenters. The molecule has 2 aromatic heterocycles. The fraction of sp³-hybridized carbons (Fsp3) is 0.200. The average Bonchev–Trinajstić information content (AvgIpc) is 3.80. The lowest BCUT2D eigenvalue weighted by atomic mass is 9.87. The fourth-order valence-corrected chi connectivity index (χ4v) is 6.97. The SMILES string of the molecule is O=C1[C@H]2[C@@H](c3ccco3)N3[C@H]4C(=O)N(c5ccccc5)C(=O)[C@H]4[C@@H](c4ccco4)N3[C@H]2C(=O)N1c1ccccc1. The Bertz CT molecular complexity index is 1510. The van der Waals surface area contributed by atoms with Gasteiger partial charge in [0.15, 0.2) is 0 Å². The van der Waals surface area contributed by atoms with E-state index in [0.29, 0.717) is 22.9 Å². The van der Waals surface area contributed by atoms with E-state index in [4.69, 9.17) is 8.83 Å². The van der Waals surface area contributed by atoms with Gasteiger partial charge in [-0.25, -0.2) is 19.8 Å². The van der Waals surface area contributed by atoms with Crippen LogP contribution in [-0.4, -0.2) is 45.7 Å². The normalized spacial score (nSPS) is 29.9. The summed E-state index contributed by atoms with van der Waals surface area (Å²) in [6.07, 6.45) is 3.00. The minimum atomic E-state index is -0.964. The number of fused-ring (bicyclic) bond motifs is 5. The first-order chi connectivity index (χ1) is 19.6. The first-order valence-electron chi connectivity index (χ1n) is 13.1. The van der Waals surface area contributed by atoms with Gasteiger partial charge in [-0.15, -0.1) is 0 Å². The number of hydrazine groups is 1. The Morgan fingerprint density at radius 3 is 1.20 bits per heavy atom. The molecule has 0 spiro atoms. The number of hydrogen-bond acceptors (Lipinski definition) is 8. The van der Waals surface area contributed by atoms with E-state index in [1.165, 1.54) is 22.3 Å². The van der Waals surface area contributed by atoms with Crippen molar-refractivity contribution >= 4 is 35.0 Å². The molecular weight excluding hydrogens is 512 g/mol. The van der Waals surface area contributed by atoms with Gasteiger partial charge >= 0.3 is 0 Å². The molecule has 198 valence electrons. The number of carbonyl (C=O) groups excluding carboxylic acids is 4. The van der Waals surface area contributed by atoms with E-state index in [0.717, 1.165) is 0 Å². The number of nitrogens with zero attached hydrogens (tertiary/aromatic N) is 4. The van der Waals surface area contributed by atoms with E-state index in [1.807, 2.05) is 12.1 Å². The highest BCUT2D eigenvalue weighted by Gasteiger charge is 2.74. The molecule has 0 aliphatic carbocycles. The van der Waals surface area contributed by atoms with Crippen LogP contribution in [0.2, 0.25) is 0 Å². The smallest absolute Gasteiger partial charge is 0.253 e. The van der Waals surface area contributed by atoms with E-state index in [1.54, 1.807) is 82.8 Å². The lowest BCUT2D eigenvalue weighted by Gasteiger charge is -2.34. The molecule has 4 aliphatic heterocycles. The number of benzene rings is 2. The molecule has 10 nitrogen and oxygen atoms in total. The monoisotopic (exact) mass is 534 g/mol. The Hall–Kier alpha value is -4.80. The molecule has 4 aliphatic rings. The average molecular weight is 535 g/mol. The Balaban J connectivity index is 1.32. The van der Waals surface area contributed by atoms with Crippen LogP contribution >= 0.6 is 0 Å². The standard InChI is InChI=1S/C30H22N4O6/c35-27-21-23(19-13-7-15-39-19)34-26-22(28(36)32(30(26)38)18-11-5-2-6-12-18)24(20-14-8-16-40-20)33(34)25(21)29(37)31(27)17-9-3-1-4-10-17/h1-16,21-26H/t21-,22-,23+,24+,25+,26+/m0/s1. The van der Waals surface area contributed by atoms with Crippen molar-refractivity contribution in [2.45, 2.75) is 24.2 Å². The summed E-state index contributed by atoms with van der Waals surface area (Å²) in [5.74, 6) is -2.48. The highest BCUT2D eigenvalue weighted by atomic mass is 16.3. The van der Waals surface area contributed by atoms with Crippen molar-refractivity contribution in [3.05, 3.63) is 109 Å². The second-order valence-corrected chi connectivity index (χ2v) is 10.3. The minimum absolute atomic E-state index is 0.386. The molecule has 0 N–H and O–H groups in total. The van der Waals surface area contributed by atoms with E-state index < -0.39 is 47.8 Å². The Morgan fingerprint density at radius 1 is 0.450 bits per heavy atom. The van der Waals surface area contributed by atoms with Crippen molar-refractivity contribution in [3.8, 4) is 0 Å². The summed E-state index contributed by atoms with van der Waals surface area (Å²) in [7, 11) is 0. The molecule has 4 amide bonds. The zero-order valence-electron chi connectivity index (χ0n) is 20.9. The van der Waals surface area contributed by atoms with Crippen molar-refractivity contribution in [2.75, 3.05) is 9.80 Å². The molecule has 0 saturated carbocycles. The van der Waals surface area contributed by atoms with Crippen LogP contribution < -0.4 is 9.80 Å². The van der Waals surface area contributed by atoms with Gasteiger partial charge in [-0.1, -0.05) is 36.4 Å². The van der Waals surface area contributed by atoms with Gasteiger partial charge in [0.2, 0.25) is 11.8 Å². The minimum Gasteiger partial charge on any atom is -0.468 e. The Labute approximate surface area is 227 Å². The van der Waals surface area contributed by atoms with Gasteiger partial charge < -0.3 is 8.83 Å². The molecule has 6 atom stereocenters.